The molecule has 5 nitrogen and oxygen atoms in total. The topological polar surface area (TPSA) is 68.4 Å². The fourth-order valence-electron chi connectivity index (χ4n) is 1.62. The lowest BCUT2D eigenvalue weighted by Crippen LogP contribution is -2.08. The van der Waals surface area contributed by atoms with E-state index in [1.54, 1.807) is 0 Å². The van der Waals surface area contributed by atoms with Crippen LogP contribution in [0, 0.1) is 6.92 Å². The number of methoxy groups -OCH3 is 1. The van der Waals surface area contributed by atoms with E-state index in [1.807, 2.05) is 25.1 Å². The highest BCUT2D eigenvalue weighted by molar-refractivity contribution is 6.01. The average molecular weight is 233 g/mol. The van der Waals surface area contributed by atoms with Crippen molar-refractivity contribution in [1.82, 2.24) is 4.98 Å². The molecule has 5 heteroatoms. The van der Waals surface area contributed by atoms with Crippen molar-refractivity contribution in [3.05, 3.63) is 29.3 Å². The van der Waals surface area contributed by atoms with E-state index >= 15 is 0 Å². The molecule has 1 aromatic carbocycles. The number of ether oxygens (including phenoxy) is 2. The first-order valence-corrected chi connectivity index (χ1v) is 4.99. The molecule has 2 aromatic rings. The standard InChI is InChI=1S/C12H11NO4/c1-7-3-4-10-8(5-7)9(6-14)11(13-10)17-12(15)16-2/h3-6,13H,1-2H3. The van der Waals surface area contributed by atoms with Gasteiger partial charge in [0.25, 0.3) is 0 Å². The van der Waals surface area contributed by atoms with Gasteiger partial charge in [0.15, 0.2) is 6.29 Å². The SMILES string of the molecule is COC(=O)Oc1[nH]c2ccc(C)cc2c1C=O. The van der Waals surface area contributed by atoms with Gasteiger partial charge in [-0.05, 0) is 19.1 Å². The van der Waals surface area contributed by atoms with Crippen LogP contribution in [-0.4, -0.2) is 24.5 Å². The molecule has 1 N–H and O–H groups in total. The van der Waals surface area contributed by atoms with Gasteiger partial charge in [-0.1, -0.05) is 11.6 Å². The largest absolute Gasteiger partial charge is 0.514 e. The molecule has 0 amide bonds. The number of carbonyl (C=O) groups is 2. The molecule has 1 aromatic heterocycles. The molecule has 17 heavy (non-hydrogen) atoms. The quantitative estimate of drug-likeness (QED) is 0.639. The third kappa shape index (κ3) is 1.99. The fourth-order valence-corrected chi connectivity index (χ4v) is 1.62. The molecule has 0 atom stereocenters. The number of aryl methyl sites for hydroxylation is 1. The fraction of sp³-hybridized carbons (Fsp3) is 0.167. The number of hydrogen-bond acceptors (Lipinski definition) is 4. The Hall–Kier alpha value is -2.30. The molecular weight excluding hydrogens is 222 g/mol. The number of aromatic nitrogens is 1. The van der Waals surface area contributed by atoms with E-state index in [9.17, 15) is 9.59 Å². The second-order valence-electron chi connectivity index (χ2n) is 3.59. The van der Waals surface area contributed by atoms with Gasteiger partial charge in [-0.25, -0.2) is 4.79 Å². The zero-order chi connectivity index (χ0) is 12.4. The molecule has 0 aliphatic heterocycles. The maximum absolute atomic E-state index is 11.0. The lowest BCUT2D eigenvalue weighted by atomic mass is 10.1. The van der Waals surface area contributed by atoms with E-state index in [4.69, 9.17) is 4.74 Å². The Morgan fingerprint density at radius 2 is 2.18 bits per heavy atom. The monoisotopic (exact) mass is 233 g/mol. The van der Waals surface area contributed by atoms with Gasteiger partial charge in [0, 0.05) is 10.9 Å². The van der Waals surface area contributed by atoms with E-state index in [0.29, 0.717) is 11.8 Å². The number of carbonyl (C=O) groups excluding carboxylic acids is 2. The molecule has 1 heterocycles. The molecule has 0 fully saturated rings. The first-order chi connectivity index (χ1) is 8.15. The molecule has 0 spiro atoms. The molecule has 2 rings (SSSR count). The van der Waals surface area contributed by atoms with Gasteiger partial charge in [-0.15, -0.1) is 0 Å². The van der Waals surface area contributed by atoms with Crippen LogP contribution >= 0.6 is 0 Å². The van der Waals surface area contributed by atoms with Crippen molar-refractivity contribution in [3.8, 4) is 5.88 Å². The minimum Gasteiger partial charge on any atom is -0.437 e. The Labute approximate surface area is 97.3 Å². The summed E-state index contributed by atoms with van der Waals surface area (Å²) in [6.07, 6.45) is -0.215. The molecule has 0 bridgehead atoms. The summed E-state index contributed by atoms with van der Waals surface area (Å²) in [6, 6.07) is 5.57. The third-order valence-corrected chi connectivity index (χ3v) is 2.43. The number of nitrogens with one attached hydrogen (secondary N) is 1. The van der Waals surface area contributed by atoms with Crippen LogP contribution in [0.15, 0.2) is 18.2 Å². The maximum atomic E-state index is 11.0. The van der Waals surface area contributed by atoms with Crippen LogP contribution in [0.5, 0.6) is 5.88 Å². The smallest absolute Gasteiger partial charge is 0.437 e. The zero-order valence-electron chi connectivity index (χ0n) is 9.44. The molecule has 0 saturated carbocycles. The first-order valence-electron chi connectivity index (χ1n) is 4.99. The number of aldehydes is 1. The number of hydrogen-bond donors (Lipinski definition) is 1. The second-order valence-corrected chi connectivity index (χ2v) is 3.59. The van der Waals surface area contributed by atoms with Gasteiger partial charge in [-0.3, -0.25) is 4.79 Å². The van der Waals surface area contributed by atoms with Crippen molar-refractivity contribution in [3.63, 3.8) is 0 Å². The summed E-state index contributed by atoms with van der Waals surface area (Å²) in [7, 11) is 1.20. The van der Waals surface area contributed by atoms with E-state index in [-0.39, 0.29) is 5.88 Å². The summed E-state index contributed by atoms with van der Waals surface area (Å²) < 4.78 is 9.24. The van der Waals surface area contributed by atoms with Gasteiger partial charge in [-0.2, -0.15) is 0 Å². The molecule has 0 radical (unpaired) electrons. The predicted octanol–water partition coefficient (Wildman–Crippen LogP) is 2.43. The van der Waals surface area contributed by atoms with Crippen LogP contribution in [0.4, 0.5) is 4.79 Å². The van der Waals surface area contributed by atoms with Gasteiger partial charge in [0.1, 0.15) is 0 Å². The van der Waals surface area contributed by atoms with Crippen molar-refractivity contribution in [2.75, 3.05) is 7.11 Å². The van der Waals surface area contributed by atoms with Crippen LogP contribution in [0.3, 0.4) is 0 Å². The highest BCUT2D eigenvalue weighted by Crippen LogP contribution is 2.27. The summed E-state index contributed by atoms with van der Waals surface area (Å²) >= 11 is 0. The Morgan fingerprint density at radius 1 is 1.41 bits per heavy atom. The lowest BCUT2D eigenvalue weighted by molar-refractivity contribution is 0.111. The van der Waals surface area contributed by atoms with Crippen LogP contribution < -0.4 is 4.74 Å². The molecule has 0 aliphatic rings. The lowest BCUT2D eigenvalue weighted by Gasteiger charge is -1.99. The van der Waals surface area contributed by atoms with E-state index < -0.39 is 6.16 Å². The number of H-pyrrole nitrogens is 1. The summed E-state index contributed by atoms with van der Waals surface area (Å²) in [5.41, 5.74) is 2.06. The average Bonchev–Trinajstić information content (AvgIpc) is 2.65. The van der Waals surface area contributed by atoms with Gasteiger partial charge >= 0.3 is 6.16 Å². The number of aromatic amines is 1. The van der Waals surface area contributed by atoms with E-state index in [1.165, 1.54) is 7.11 Å². The third-order valence-electron chi connectivity index (χ3n) is 2.43. The Kier molecular flexibility index (Phi) is 2.82. The van der Waals surface area contributed by atoms with Gasteiger partial charge in [0.2, 0.25) is 5.88 Å². The van der Waals surface area contributed by atoms with Crippen molar-refractivity contribution in [1.29, 1.82) is 0 Å². The highest BCUT2D eigenvalue weighted by atomic mass is 16.7. The van der Waals surface area contributed by atoms with Crippen molar-refractivity contribution < 1.29 is 19.1 Å². The molecule has 0 aliphatic carbocycles. The Balaban J connectivity index is 2.56. The minimum absolute atomic E-state index is 0.104. The summed E-state index contributed by atoms with van der Waals surface area (Å²) in [4.78, 5) is 24.9. The van der Waals surface area contributed by atoms with Crippen LogP contribution in [0.1, 0.15) is 15.9 Å². The molecule has 0 unspecified atom stereocenters. The summed E-state index contributed by atoms with van der Waals surface area (Å²) in [6.45, 7) is 1.92. The van der Waals surface area contributed by atoms with Crippen LogP contribution in [0.2, 0.25) is 0 Å². The minimum atomic E-state index is -0.864. The van der Waals surface area contributed by atoms with Gasteiger partial charge < -0.3 is 14.5 Å². The highest BCUT2D eigenvalue weighted by Gasteiger charge is 2.15. The van der Waals surface area contributed by atoms with Crippen LogP contribution in [0.25, 0.3) is 10.9 Å². The Morgan fingerprint density at radius 3 is 2.82 bits per heavy atom. The number of benzene rings is 1. The van der Waals surface area contributed by atoms with Gasteiger partial charge in [0.05, 0.1) is 12.7 Å². The van der Waals surface area contributed by atoms with Crippen molar-refractivity contribution >= 4 is 23.3 Å². The van der Waals surface area contributed by atoms with Crippen molar-refractivity contribution in [2.45, 2.75) is 6.92 Å². The molecule has 0 saturated heterocycles. The van der Waals surface area contributed by atoms with E-state index in [2.05, 4.69) is 9.72 Å². The van der Waals surface area contributed by atoms with Crippen LogP contribution in [-0.2, 0) is 4.74 Å². The van der Waals surface area contributed by atoms with E-state index in [0.717, 1.165) is 16.5 Å². The number of fused-ring (bicyclic) bond motifs is 1. The number of rotatable bonds is 2. The first kappa shape index (κ1) is 11.2. The second kappa shape index (κ2) is 4.29. The summed E-state index contributed by atoms with van der Waals surface area (Å²) in [5, 5.41) is 0.721. The molecule has 88 valence electrons. The zero-order valence-corrected chi connectivity index (χ0v) is 9.44. The summed E-state index contributed by atoms with van der Waals surface area (Å²) in [5.74, 6) is 0.104. The Bertz CT molecular complexity index is 585. The molecular formula is C12H11NO4. The van der Waals surface area contributed by atoms with Crippen molar-refractivity contribution in [2.24, 2.45) is 0 Å². The maximum Gasteiger partial charge on any atom is 0.514 e. The predicted molar refractivity (Wildman–Crippen MR) is 61.5 cm³/mol. The normalized spacial score (nSPS) is 10.2.